The van der Waals surface area contributed by atoms with Crippen molar-refractivity contribution in [3.8, 4) is 0 Å². The molecule has 5 nitrogen and oxygen atoms in total. The summed E-state index contributed by atoms with van der Waals surface area (Å²) in [7, 11) is 0. The average molecular weight is 423 g/mol. The van der Waals surface area contributed by atoms with Crippen LogP contribution in [-0.2, 0) is 0 Å². The molecule has 5 rings (SSSR count). The van der Waals surface area contributed by atoms with Crippen LogP contribution in [0.2, 0.25) is 0 Å². The summed E-state index contributed by atoms with van der Waals surface area (Å²) in [6, 6.07) is 4.14. The quantitative estimate of drug-likeness (QED) is 0.484. The second kappa shape index (κ2) is 6.50. The predicted molar refractivity (Wildman–Crippen MR) is 120 cm³/mol. The van der Waals surface area contributed by atoms with Crippen LogP contribution in [0.4, 0.5) is 0 Å². The lowest BCUT2D eigenvalue weighted by molar-refractivity contribution is -0.436. The van der Waals surface area contributed by atoms with E-state index in [1.165, 1.54) is 11.1 Å². The lowest BCUT2D eigenvalue weighted by atomic mass is 9.36. The average Bonchev–Trinajstić information content (AvgIpc) is 3.01. The molecule has 4 aliphatic rings. The number of hydrogen-bond acceptors (Lipinski definition) is 4. The lowest BCUT2D eigenvalue weighted by Crippen LogP contribution is -2.61. The van der Waals surface area contributed by atoms with Gasteiger partial charge >= 0.3 is 0 Å². The van der Waals surface area contributed by atoms with Crippen LogP contribution in [-0.4, -0.2) is 21.1 Å². The van der Waals surface area contributed by atoms with Gasteiger partial charge < -0.3 is 5.11 Å². The summed E-state index contributed by atoms with van der Waals surface area (Å²) in [5.74, 6) is 0.230. The highest BCUT2D eigenvalue weighted by atomic mass is 16.6. The molecule has 2 saturated carbocycles. The molecule has 6 atom stereocenters. The van der Waals surface area contributed by atoms with Gasteiger partial charge in [0.15, 0.2) is 0 Å². The van der Waals surface area contributed by atoms with Crippen molar-refractivity contribution in [1.29, 1.82) is 0 Å². The molecule has 0 spiro atoms. The highest BCUT2D eigenvalue weighted by molar-refractivity contribution is 5.73. The van der Waals surface area contributed by atoms with E-state index < -0.39 is 6.10 Å². The Hall–Kier alpha value is -2.01. The first-order valence-electron chi connectivity index (χ1n) is 11.7. The fourth-order valence-electron chi connectivity index (χ4n) is 8.21. The number of rotatable bonds is 2. The van der Waals surface area contributed by atoms with E-state index in [0.717, 1.165) is 37.7 Å². The molecule has 0 unspecified atom stereocenters. The number of hydrogen-bond donors (Lipinski definition) is 1. The van der Waals surface area contributed by atoms with Crippen molar-refractivity contribution < 1.29 is 10.0 Å². The molecule has 166 valence electrons. The van der Waals surface area contributed by atoms with Crippen molar-refractivity contribution in [2.24, 2.45) is 27.6 Å². The monoisotopic (exact) mass is 422 g/mol. The van der Waals surface area contributed by atoms with E-state index in [-0.39, 0.29) is 32.5 Å². The van der Waals surface area contributed by atoms with Gasteiger partial charge in [0.25, 0.3) is 0 Å². The highest BCUT2D eigenvalue weighted by Gasteiger charge is 2.69. The first kappa shape index (κ1) is 20.9. The second-order valence-electron chi connectivity index (χ2n) is 11.4. The molecule has 0 aliphatic heterocycles. The van der Waals surface area contributed by atoms with Crippen LogP contribution in [0.1, 0.15) is 78.2 Å². The molecule has 0 saturated heterocycles. The third-order valence-electron chi connectivity index (χ3n) is 10.6. The van der Waals surface area contributed by atoms with Gasteiger partial charge in [0, 0.05) is 36.2 Å². The fourth-order valence-corrected chi connectivity index (χ4v) is 8.21. The number of allylic oxidation sites excluding steroid dienone is 3. The third-order valence-corrected chi connectivity index (χ3v) is 10.6. The van der Waals surface area contributed by atoms with E-state index in [2.05, 4.69) is 44.8 Å². The van der Waals surface area contributed by atoms with Crippen molar-refractivity contribution in [3.63, 3.8) is 0 Å². The van der Waals surface area contributed by atoms with Crippen molar-refractivity contribution >= 4 is 5.57 Å². The highest BCUT2D eigenvalue weighted by Crippen LogP contribution is 2.76. The minimum absolute atomic E-state index is 0.00548. The Morgan fingerprint density at radius 3 is 2.55 bits per heavy atom. The first-order chi connectivity index (χ1) is 14.6. The largest absolute Gasteiger partial charge is 0.393 e. The molecular weight excluding hydrogens is 388 g/mol. The van der Waals surface area contributed by atoms with Gasteiger partial charge in [0.1, 0.15) is 0 Å². The summed E-state index contributed by atoms with van der Waals surface area (Å²) < 4.78 is 0. The van der Waals surface area contributed by atoms with Crippen LogP contribution in [0.5, 0.6) is 0 Å². The Bertz CT molecular complexity index is 1000. The number of fused-ring (bicyclic) bond motifs is 5. The maximum absolute atomic E-state index is 12.2. The van der Waals surface area contributed by atoms with Crippen LogP contribution in [0.25, 0.3) is 5.57 Å². The summed E-state index contributed by atoms with van der Waals surface area (Å²) in [5.41, 5.74) is 3.58. The summed E-state index contributed by atoms with van der Waals surface area (Å²) in [6.07, 6.45) is 11.4. The van der Waals surface area contributed by atoms with Crippen LogP contribution in [0.15, 0.2) is 41.9 Å². The maximum Gasteiger partial charge on any atom is 0.246 e. The number of aromatic nitrogens is 1. The van der Waals surface area contributed by atoms with Crippen molar-refractivity contribution in [3.05, 3.63) is 57.6 Å². The van der Waals surface area contributed by atoms with E-state index in [1.54, 1.807) is 0 Å². The molecular formula is C26H34N2O3. The Balaban J connectivity index is 1.64. The Kier molecular flexibility index (Phi) is 4.38. The standard InChI is InChI=1S/C26H34N2O3/c1-23-9-7-18(29)14-20(23)21(28(30)31)15-22-25(3)10-8-19(17-6-5-13-27-16-17)24(25,2)11-12-26(22,23)4/h5-6,8,13,16,18,22,29H,7,9-12,14-15H2,1-4H3/t18-,22-,23-,24+,25-,26-/m0/s1. The Labute approximate surface area is 184 Å². The second-order valence-corrected chi connectivity index (χ2v) is 11.4. The van der Waals surface area contributed by atoms with Gasteiger partial charge in [-0.25, -0.2) is 0 Å². The zero-order valence-corrected chi connectivity index (χ0v) is 19.1. The molecule has 31 heavy (non-hydrogen) atoms. The molecule has 4 aliphatic carbocycles. The van der Waals surface area contributed by atoms with E-state index >= 15 is 0 Å². The molecule has 1 aromatic heterocycles. The Morgan fingerprint density at radius 2 is 1.87 bits per heavy atom. The van der Waals surface area contributed by atoms with Crippen LogP contribution < -0.4 is 0 Å². The molecule has 0 radical (unpaired) electrons. The van der Waals surface area contributed by atoms with Gasteiger partial charge in [-0.2, -0.15) is 0 Å². The predicted octanol–water partition coefficient (Wildman–Crippen LogP) is 5.78. The SMILES string of the molecule is C[C@]12CC[C@H](O)CC1=C([N+](=O)[O-])C[C@@H]1[C@]2(C)CC[C@]2(C)C(c3cccnc3)=CC[C@@]12C. The number of nitrogens with zero attached hydrogens (tertiary/aromatic N) is 2. The number of aliphatic hydroxyl groups is 1. The molecule has 0 bridgehead atoms. The van der Waals surface area contributed by atoms with E-state index in [4.69, 9.17) is 0 Å². The summed E-state index contributed by atoms with van der Waals surface area (Å²) >= 11 is 0. The molecule has 1 aromatic rings. The molecule has 5 heteroatoms. The first-order valence-corrected chi connectivity index (χ1v) is 11.7. The van der Waals surface area contributed by atoms with Crippen LogP contribution >= 0.6 is 0 Å². The van der Waals surface area contributed by atoms with E-state index in [0.29, 0.717) is 18.5 Å². The topological polar surface area (TPSA) is 76.3 Å². The minimum Gasteiger partial charge on any atom is -0.393 e. The van der Waals surface area contributed by atoms with Crippen LogP contribution in [0.3, 0.4) is 0 Å². The van der Waals surface area contributed by atoms with Crippen molar-refractivity contribution in [1.82, 2.24) is 4.98 Å². The van der Waals surface area contributed by atoms with Gasteiger partial charge in [-0.05, 0) is 71.5 Å². The zero-order valence-electron chi connectivity index (χ0n) is 19.1. The summed E-state index contributed by atoms with van der Waals surface area (Å²) in [5, 5.41) is 22.6. The van der Waals surface area contributed by atoms with Gasteiger partial charge in [-0.3, -0.25) is 15.1 Å². The lowest BCUT2D eigenvalue weighted by Gasteiger charge is -2.67. The van der Waals surface area contributed by atoms with Gasteiger partial charge in [-0.15, -0.1) is 0 Å². The molecule has 1 heterocycles. The third kappa shape index (κ3) is 2.50. The number of pyridine rings is 1. The van der Waals surface area contributed by atoms with Crippen LogP contribution in [0, 0.1) is 37.7 Å². The Morgan fingerprint density at radius 1 is 1.10 bits per heavy atom. The molecule has 2 fully saturated rings. The normalized spacial score (nSPS) is 44.2. The van der Waals surface area contributed by atoms with Crippen molar-refractivity contribution in [2.45, 2.75) is 78.7 Å². The van der Waals surface area contributed by atoms with Gasteiger partial charge in [-0.1, -0.05) is 39.8 Å². The van der Waals surface area contributed by atoms with E-state index in [9.17, 15) is 15.2 Å². The van der Waals surface area contributed by atoms with Gasteiger partial charge in [0.2, 0.25) is 5.70 Å². The fraction of sp³-hybridized carbons (Fsp3) is 0.654. The zero-order chi connectivity index (χ0) is 22.2. The van der Waals surface area contributed by atoms with Gasteiger partial charge in [0.05, 0.1) is 11.0 Å². The van der Waals surface area contributed by atoms with Crippen molar-refractivity contribution in [2.75, 3.05) is 0 Å². The number of nitro groups is 1. The number of aliphatic hydroxyl groups excluding tert-OH is 1. The summed E-state index contributed by atoms with van der Waals surface area (Å²) in [6.45, 7) is 9.44. The molecule has 0 aromatic carbocycles. The summed E-state index contributed by atoms with van der Waals surface area (Å²) in [4.78, 5) is 16.5. The molecule has 1 N–H and O–H groups in total. The smallest absolute Gasteiger partial charge is 0.246 e. The maximum atomic E-state index is 12.2. The molecule has 0 amide bonds. The minimum atomic E-state index is -0.451. The van der Waals surface area contributed by atoms with E-state index in [1.807, 2.05) is 18.5 Å².